The van der Waals surface area contributed by atoms with Gasteiger partial charge in [0.2, 0.25) is 5.91 Å². The van der Waals surface area contributed by atoms with Crippen molar-refractivity contribution in [2.24, 2.45) is 0 Å². The Morgan fingerprint density at radius 2 is 1.94 bits per heavy atom. The van der Waals surface area contributed by atoms with Crippen LogP contribution in [0.2, 0.25) is 0 Å². The molecule has 0 aliphatic rings. The largest absolute Gasteiger partial charge is 0.480 e. The zero-order chi connectivity index (χ0) is 12.6. The number of hydrogen-bond donors (Lipinski definition) is 4. The van der Waals surface area contributed by atoms with Gasteiger partial charge >= 0.3 is 5.97 Å². The van der Waals surface area contributed by atoms with E-state index in [0.29, 0.717) is 12.8 Å². The highest BCUT2D eigenvalue weighted by Crippen LogP contribution is 2.01. The van der Waals surface area contributed by atoms with Crippen LogP contribution in [0.15, 0.2) is 0 Å². The number of aliphatic carboxylic acids is 1. The number of carboxylic acids is 1. The molecular weight excluding hydrogens is 212 g/mol. The molecule has 0 fully saturated rings. The van der Waals surface area contributed by atoms with Gasteiger partial charge in [0.1, 0.15) is 12.3 Å². The van der Waals surface area contributed by atoms with Crippen molar-refractivity contribution in [3.8, 4) is 0 Å². The van der Waals surface area contributed by atoms with Gasteiger partial charge in [-0.05, 0) is 12.8 Å². The first-order valence-corrected chi connectivity index (χ1v) is 5.38. The van der Waals surface area contributed by atoms with Crippen LogP contribution in [-0.2, 0) is 9.59 Å². The van der Waals surface area contributed by atoms with Gasteiger partial charge in [0.05, 0.1) is 0 Å². The van der Waals surface area contributed by atoms with Crippen molar-refractivity contribution in [1.82, 2.24) is 10.6 Å². The Bertz CT molecular complexity index is 233. The maximum absolute atomic E-state index is 10.9. The van der Waals surface area contributed by atoms with Crippen molar-refractivity contribution in [3.63, 3.8) is 0 Å². The zero-order valence-corrected chi connectivity index (χ0v) is 9.69. The summed E-state index contributed by atoms with van der Waals surface area (Å²) in [5.41, 5.74) is 0. The lowest BCUT2D eigenvalue weighted by atomic mass is 10.1. The molecule has 0 radical (unpaired) electrons. The minimum atomic E-state index is -0.985. The molecule has 16 heavy (non-hydrogen) atoms. The van der Waals surface area contributed by atoms with E-state index in [-0.39, 0.29) is 18.7 Å². The molecule has 2 atom stereocenters. The lowest BCUT2D eigenvalue weighted by molar-refractivity contribution is -0.140. The van der Waals surface area contributed by atoms with E-state index < -0.39 is 18.2 Å². The molecule has 0 saturated heterocycles. The lowest BCUT2D eigenvalue weighted by Crippen LogP contribution is -2.43. The van der Waals surface area contributed by atoms with Gasteiger partial charge in [-0.1, -0.05) is 13.3 Å². The van der Waals surface area contributed by atoms with Crippen molar-refractivity contribution in [2.45, 2.75) is 44.9 Å². The van der Waals surface area contributed by atoms with Crippen LogP contribution >= 0.6 is 0 Å². The highest BCUT2D eigenvalue weighted by Gasteiger charge is 2.19. The first kappa shape index (κ1) is 14.9. The molecule has 0 saturated carbocycles. The second-order valence-corrected chi connectivity index (χ2v) is 3.57. The molecule has 6 heteroatoms. The maximum Gasteiger partial charge on any atom is 0.320 e. The number of amides is 1. The Labute approximate surface area is 95.0 Å². The molecule has 0 aromatic carbocycles. The van der Waals surface area contributed by atoms with Gasteiger partial charge in [0.15, 0.2) is 0 Å². The highest BCUT2D eigenvalue weighted by molar-refractivity contribution is 5.75. The van der Waals surface area contributed by atoms with E-state index in [9.17, 15) is 14.7 Å². The number of rotatable bonds is 8. The number of aliphatic hydroxyl groups is 1. The summed E-state index contributed by atoms with van der Waals surface area (Å²) in [5, 5.41) is 23.3. The quantitative estimate of drug-likeness (QED) is 0.430. The number of carboxylic acid groups (broad SMARTS) is 1. The summed E-state index contributed by atoms with van der Waals surface area (Å²) in [7, 11) is 1.51. The number of carbonyl (C=O) groups excluding carboxylic acids is 1. The molecule has 0 aliphatic heterocycles. The molecule has 6 nitrogen and oxygen atoms in total. The van der Waals surface area contributed by atoms with Crippen molar-refractivity contribution in [1.29, 1.82) is 0 Å². The standard InChI is InChI=1S/C10H20N2O4/c1-3-4-7(10(15)16)12-9(14)6-5-8(13)11-2/h7,9,12,14H,3-6H2,1-2H3,(H,11,13)(H,15,16)/t7-,9?/m0/s1. The van der Waals surface area contributed by atoms with Crippen molar-refractivity contribution in [3.05, 3.63) is 0 Å². The third-order valence-electron chi connectivity index (χ3n) is 2.19. The van der Waals surface area contributed by atoms with Crippen molar-refractivity contribution >= 4 is 11.9 Å². The fraction of sp³-hybridized carbons (Fsp3) is 0.800. The Morgan fingerprint density at radius 3 is 2.38 bits per heavy atom. The fourth-order valence-electron chi connectivity index (χ4n) is 1.28. The van der Waals surface area contributed by atoms with Crippen LogP contribution in [-0.4, -0.2) is 41.4 Å². The van der Waals surface area contributed by atoms with E-state index >= 15 is 0 Å². The summed E-state index contributed by atoms with van der Waals surface area (Å²) in [5.74, 6) is -1.16. The summed E-state index contributed by atoms with van der Waals surface area (Å²) >= 11 is 0. The average molecular weight is 232 g/mol. The Hall–Kier alpha value is -1.14. The van der Waals surface area contributed by atoms with E-state index in [4.69, 9.17) is 5.11 Å². The fourth-order valence-corrected chi connectivity index (χ4v) is 1.28. The minimum Gasteiger partial charge on any atom is -0.480 e. The lowest BCUT2D eigenvalue weighted by Gasteiger charge is -2.18. The molecule has 94 valence electrons. The SMILES string of the molecule is CCC[C@H](NC(O)CCC(=O)NC)C(=O)O. The van der Waals surface area contributed by atoms with E-state index in [0.717, 1.165) is 0 Å². The molecule has 0 spiro atoms. The zero-order valence-electron chi connectivity index (χ0n) is 9.69. The average Bonchev–Trinajstić information content (AvgIpc) is 2.25. The number of aliphatic hydroxyl groups excluding tert-OH is 1. The van der Waals surface area contributed by atoms with Gasteiger partial charge in [-0.3, -0.25) is 14.9 Å². The number of hydrogen-bond acceptors (Lipinski definition) is 4. The summed E-state index contributed by atoms with van der Waals surface area (Å²) in [4.78, 5) is 21.7. The molecule has 0 aliphatic carbocycles. The normalized spacial score (nSPS) is 14.2. The summed E-state index contributed by atoms with van der Waals surface area (Å²) in [6.07, 6.45) is 0.569. The number of nitrogens with one attached hydrogen (secondary N) is 2. The predicted octanol–water partition coefficient (Wildman–Crippen LogP) is -0.326. The maximum atomic E-state index is 10.9. The van der Waals surface area contributed by atoms with Crippen LogP contribution in [0, 0.1) is 0 Å². The van der Waals surface area contributed by atoms with Gasteiger partial charge in [-0.2, -0.15) is 0 Å². The molecule has 0 bridgehead atoms. The number of carbonyl (C=O) groups is 2. The van der Waals surface area contributed by atoms with Crippen LogP contribution in [0.1, 0.15) is 32.6 Å². The smallest absolute Gasteiger partial charge is 0.320 e. The van der Waals surface area contributed by atoms with E-state index in [1.165, 1.54) is 7.05 Å². The van der Waals surface area contributed by atoms with Crippen LogP contribution in [0.25, 0.3) is 0 Å². The second-order valence-electron chi connectivity index (χ2n) is 3.57. The first-order chi connectivity index (χ1) is 7.51. The van der Waals surface area contributed by atoms with Crippen LogP contribution in [0.3, 0.4) is 0 Å². The minimum absolute atomic E-state index is 0.170. The molecular formula is C10H20N2O4. The Morgan fingerprint density at radius 1 is 1.31 bits per heavy atom. The van der Waals surface area contributed by atoms with Gasteiger partial charge in [0, 0.05) is 13.5 Å². The molecule has 1 unspecified atom stereocenters. The monoisotopic (exact) mass is 232 g/mol. The first-order valence-electron chi connectivity index (χ1n) is 5.38. The van der Waals surface area contributed by atoms with Crippen molar-refractivity contribution in [2.75, 3.05) is 7.05 Å². The molecule has 0 rings (SSSR count). The molecule has 0 heterocycles. The summed E-state index contributed by atoms with van der Waals surface area (Å²) < 4.78 is 0. The molecule has 4 N–H and O–H groups in total. The van der Waals surface area contributed by atoms with Crippen LogP contribution in [0.4, 0.5) is 0 Å². The topological polar surface area (TPSA) is 98.7 Å². The van der Waals surface area contributed by atoms with E-state index in [1.54, 1.807) is 0 Å². The van der Waals surface area contributed by atoms with Gasteiger partial charge < -0.3 is 15.5 Å². The summed E-state index contributed by atoms with van der Waals surface area (Å²) in [6, 6.07) is -0.760. The predicted molar refractivity (Wildman–Crippen MR) is 58.8 cm³/mol. The van der Waals surface area contributed by atoms with Crippen LogP contribution < -0.4 is 10.6 Å². The van der Waals surface area contributed by atoms with Gasteiger partial charge in [-0.25, -0.2) is 0 Å². The van der Waals surface area contributed by atoms with E-state index in [2.05, 4.69) is 10.6 Å². The molecule has 1 amide bonds. The molecule has 0 aromatic rings. The van der Waals surface area contributed by atoms with Gasteiger partial charge in [-0.15, -0.1) is 0 Å². The van der Waals surface area contributed by atoms with Crippen LogP contribution in [0.5, 0.6) is 0 Å². The second kappa shape index (κ2) is 8.06. The van der Waals surface area contributed by atoms with E-state index in [1.807, 2.05) is 6.92 Å². The Balaban J connectivity index is 3.94. The third-order valence-corrected chi connectivity index (χ3v) is 2.19. The summed E-state index contributed by atoms with van der Waals surface area (Å²) in [6.45, 7) is 1.87. The molecule has 0 aromatic heterocycles. The van der Waals surface area contributed by atoms with Gasteiger partial charge in [0.25, 0.3) is 0 Å². The highest BCUT2D eigenvalue weighted by atomic mass is 16.4. The third kappa shape index (κ3) is 6.36. The van der Waals surface area contributed by atoms with Crippen molar-refractivity contribution < 1.29 is 19.8 Å². The Kier molecular flexibility index (Phi) is 7.49.